The molecule has 7 heteroatoms. The molecule has 2 fully saturated rings. The van der Waals surface area contributed by atoms with Crippen LogP contribution in [-0.2, 0) is 9.53 Å². The zero-order chi connectivity index (χ0) is 18.8. The number of nitrogens with zero attached hydrogens (tertiary/aromatic N) is 3. The number of likely N-dealkylation sites (tertiary alicyclic amines) is 1. The number of morpholine rings is 1. The number of hydrogen-bond donors (Lipinski definition) is 1. The topological polar surface area (TPSA) is 61.5 Å². The molecule has 2 aromatic rings. The highest BCUT2D eigenvalue weighted by Crippen LogP contribution is 2.30. The number of carbonyl (C=O) groups is 1. The minimum absolute atomic E-state index is 0.0509. The molecule has 0 spiro atoms. The van der Waals surface area contributed by atoms with Crippen LogP contribution < -0.4 is 0 Å². The fourth-order valence-electron chi connectivity index (χ4n) is 4.11. The molecule has 0 saturated carbocycles. The molecule has 4 rings (SSSR count). The molecule has 3 heterocycles. The summed E-state index contributed by atoms with van der Waals surface area (Å²) in [5.41, 5.74) is 1.59. The lowest BCUT2D eigenvalue weighted by Gasteiger charge is -2.43. The average molecular weight is 372 g/mol. The van der Waals surface area contributed by atoms with Crippen molar-refractivity contribution < 1.29 is 13.9 Å². The number of rotatable bonds is 3. The summed E-state index contributed by atoms with van der Waals surface area (Å²) >= 11 is 0. The van der Waals surface area contributed by atoms with Crippen LogP contribution in [0.25, 0.3) is 11.3 Å². The number of imidazole rings is 1. The number of aromatic nitrogens is 2. The van der Waals surface area contributed by atoms with Gasteiger partial charge in [-0.3, -0.25) is 9.69 Å². The molecule has 144 valence electrons. The third kappa shape index (κ3) is 3.89. The second-order valence-corrected chi connectivity index (χ2v) is 7.26. The Hall–Kier alpha value is -2.25. The number of ether oxygens (including phenoxy) is 1. The van der Waals surface area contributed by atoms with E-state index in [4.69, 9.17) is 4.74 Å². The van der Waals surface area contributed by atoms with Gasteiger partial charge in [-0.15, -0.1) is 0 Å². The van der Waals surface area contributed by atoms with Gasteiger partial charge in [0.05, 0.1) is 31.1 Å². The number of amides is 1. The number of carbonyl (C=O) groups excluding carboxylic acids is 1. The van der Waals surface area contributed by atoms with Crippen LogP contribution in [0.3, 0.4) is 0 Å². The van der Waals surface area contributed by atoms with Crippen LogP contribution in [-0.4, -0.2) is 64.6 Å². The minimum Gasteiger partial charge on any atom is -0.378 e. The number of piperidine rings is 1. The molecule has 1 aromatic heterocycles. The van der Waals surface area contributed by atoms with Crippen LogP contribution in [0.5, 0.6) is 0 Å². The van der Waals surface area contributed by atoms with Crippen molar-refractivity contribution in [1.29, 1.82) is 0 Å². The van der Waals surface area contributed by atoms with E-state index in [1.165, 1.54) is 12.1 Å². The molecule has 0 unspecified atom stereocenters. The lowest BCUT2D eigenvalue weighted by molar-refractivity contribution is -0.131. The summed E-state index contributed by atoms with van der Waals surface area (Å²) in [4.78, 5) is 23.9. The van der Waals surface area contributed by atoms with E-state index >= 15 is 0 Å². The summed E-state index contributed by atoms with van der Waals surface area (Å²) in [6, 6.07) is 6.97. The van der Waals surface area contributed by atoms with Gasteiger partial charge < -0.3 is 14.6 Å². The van der Waals surface area contributed by atoms with Crippen molar-refractivity contribution in [2.45, 2.75) is 31.8 Å². The van der Waals surface area contributed by atoms with Crippen molar-refractivity contribution in [2.24, 2.45) is 0 Å². The van der Waals surface area contributed by atoms with Gasteiger partial charge in [-0.2, -0.15) is 0 Å². The Balaban J connectivity index is 1.51. The lowest BCUT2D eigenvalue weighted by atomic mass is 10.00. The Morgan fingerprint density at radius 3 is 2.85 bits per heavy atom. The first kappa shape index (κ1) is 18.1. The molecule has 0 radical (unpaired) electrons. The minimum atomic E-state index is -0.261. The van der Waals surface area contributed by atoms with E-state index in [1.807, 2.05) is 11.0 Å². The van der Waals surface area contributed by atoms with Gasteiger partial charge in [0.15, 0.2) is 0 Å². The van der Waals surface area contributed by atoms with Gasteiger partial charge in [0.2, 0.25) is 5.91 Å². The fraction of sp³-hybridized carbons (Fsp3) is 0.500. The molecule has 0 bridgehead atoms. The molecular weight excluding hydrogens is 347 g/mol. The molecule has 1 atom stereocenters. The van der Waals surface area contributed by atoms with Gasteiger partial charge in [0.1, 0.15) is 11.6 Å². The Morgan fingerprint density at radius 2 is 2.11 bits per heavy atom. The number of hydrogen-bond acceptors (Lipinski definition) is 4. The summed E-state index contributed by atoms with van der Waals surface area (Å²) in [6.07, 6.45) is 3.69. The maximum absolute atomic E-state index is 13.5. The molecule has 2 saturated heterocycles. The highest BCUT2D eigenvalue weighted by molar-refractivity contribution is 5.73. The molecule has 2 aliphatic rings. The molecule has 1 amide bonds. The van der Waals surface area contributed by atoms with Crippen molar-refractivity contribution in [3.63, 3.8) is 0 Å². The summed E-state index contributed by atoms with van der Waals surface area (Å²) in [5.74, 6) is 0.740. The van der Waals surface area contributed by atoms with Gasteiger partial charge in [-0.05, 0) is 25.0 Å². The Morgan fingerprint density at radius 1 is 1.30 bits per heavy atom. The number of nitrogens with one attached hydrogen (secondary N) is 1. The monoisotopic (exact) mass is 372 g/mol. The largest absolute Gasteiger partial charge is 0.378 e. The standard InChI is InChI=1S/C20H25FN4O2/c1-14(26)24-7-5-17(6-8-24)25-9-10-27-13-19(25)20-22-12-18(23-20)15-3-2-4-16(21)11-15/h2-4,11-12,17,19H,5-10,13H2,1H3,(H,22,23)/t19-/m0/s1. The fourth-order valence-corrected chi connectivity index (χ4v) is 4.11. The molecule has 1 aromatic carbocycles. The summed E-state index contributed by atoms with van der Waals surface area (Å²) in [6.45, 7) is 5.39. The maximum Gasteiger partial charge on any atom is 0.219 e. The van der Waals surface area contributed by atoms with E-state index in [0.717, 1.165) is 49.6 Å². The number of halogens is 1. The zero-order valence-corrected chi connectivity index (χ0v) is 15.5. The second-order valence-electron chi connectivity index (χ2n) is 7.26. The smallest absolute Gasteiger partial charge is 0.219 e. The van der Waals surface area contributed by atoms with Crippen molar-refractivity contribution >= 4 is 5.91 Å². The van der Waals surface area contributed by atoms with Gasteiger partial charge in [-0.1, -0.05) is 12.1 Å². The maximum atomic E-state index is 13.5. The second kappa shape index (κ2) is 7.78. The van der Waals surface area contributed by atoms with E-state index in [0.29, 0.717) is 19.3 Å². The molecule has 1 N–H and O–H groups in total. The Labute approximate surface area is 158 Å². The van der Waals surface area contributed by atoms with Crippen LogP contribution >= 0.6 is 0 Å². The average Bonchev–Trinajstić information content (AvgIpc) is 3.18. The Kier molecular flexibility index (Phi) is 5.22. The molecule has 0 aliphatic carbocycles. The first-order chi connectivity index (χ1) is 13.1. The van der Waals surface area contributed by atoms with Crippen molar-refractivity contribution in [2.75, 3.05) is 32.8 Å². The van der Waals surface area contributed by atoms with E-state index in [2.05, 4.69) is 14.9 Å². The molecule has 2 aliphatic heterocycles. The van der Waals surface area contributed by atoms with E-state index < -0.39 is 0 Å². The van der Waals surface area contributed by atoms with E-state index in [-0.39, 0.29) is 17.8 Å². The van der Waals surface area contributed by atoms with Crippen molar-refractivity contribution in [3.05, 3.63) is 42.1 Å². The number of H-pyrrole nitrogens is 1. The van der Waals surface area contributed by atoms with Crippen LogP contribution in [0.15, 0.2) is 30.5 Å². The van der Waals surface area contributed by atoms with Crippen LogP contribution in [0, 0.1) is 5.82 Å². The van der Waals surface area contributed by atoms with Gasteiger partial charge >= 0.3 is 0 Å². The Bertz CT molecular complexity index is 801. The third-order valence-corrected chi connectivity index (χ3v) is 5.60. The number of aromatic amines is 1. The summed E-state index contributed by atoms with van der Waals surface area (Å²) in [5, 5.41) is 0. The lowest BCUT2D eigenvalue weighted by Crippen LogP contribution is -2.51. The predicted molar refractivity (Wildman–Crippen MR) is 99.5 cm³/mol. The molecular formula is C20H25FN4O2. The third-order valence-electron chi connectivity index (χ3n) is 5.60. The highest BCUT2D eigenvalue weighted by atomic mass is 19.1. The normalized spacial score (nSPS) is 22.1. The first-order valence-electron chi connectivity index (χ1n) is 9.51. The number of benzene rings is 1. The van der Waals surface area contributed by atoms with Crippen molar-refractivity contribution in [3.8, 4) is 11.3 Å². The van der Waals surface area contributed by atoms with Gasteiger partial charge in [0, 0.05) is 38.2 Å². The van der Waals surface area contributed by atoms with E-state index in [1.54, 1.807) is 19.2 Å². The molecule has 6 nitrogen and oxygen atoms in total. The zero-order valence-electron chi connectivity index (χ0n) is 15.5. The predicted octanol–water partition coefficient (Wildman–Crippen LogP) is 2.60. The summed E-state index contributed by atoms with van der Waals surface area (Å²) in [7, 11) is 0. The van der Waals surface area contributed by atoms with Gasteiger partial charge in [-0.25, -0.2) is 9.37 Å². The van der Waals surface area contributed by atoms with E-state index in [9.17, 15) is 9.18 Å². The quantitative estimate of drug-likeness (QED) is 0.900. The molecule has 27 heavy (non-hydrogen) atoms. The highest BCUT2D eigenvalue weighted by Gasteiger charge is 2.34. The van der Waals surface area contributed by atoms with Gasteiger partial charge in [0.25, 0.3) is 0 Å². The SMILES string of the molecule is CC(=O)N1CCC(N2CCOC[C@H]2c2ncc(-c3cccc(F)c3)[nH]2)CC1. The van der Waals surface area contributed by atoms with Crippen LogP contribution in [0.2, 0.25) is 0 Å². The van der Waals surface area contributed by atoms with Crippen molar-refractivity contribution in [1.82, 2.24) is 19.8 Å². The van der Waals surface area contributed by atoms with Crippen LogP contribution in [0.4, 0.5) is 4.39 Å². The summed E-state index contributed by atoms with van der Waals surface area (Å²) < 4.78 is 19.2. The first-order valence-corrected chi connectivity index (χ1v) is 9.51. The van der Waals surface area contributed by atoms with Crippen LogP contribution in [0.1, 0.15) is 31.6 Å².